The van der Waals surface area contributed by atoms with Gasteiger partial charge >= 0.3 is 0 Å². The van der Waals surface area contributed by atoms with Gasteiger partial charge in [-0.15, -0.1) is 22.0 Å². The standard InChI is InChI=1S/C17H17ClN4O3S/c1-9-20-21-17(25-9)12-3-2-6-22(12)15(23)8-14-16(24)19-11-7-10(18)4-5-13(11)26-14/h4-5,7,12,14H,2-3,6,8H2,1H3,(H,19,24)/t12-,14-/m1/s1. The molecule has 2 amide bonds. The van der Waals surface area contributed by atoms with E-state index < -0.39 is 5.25 Å². The van der Waals surface area contributed by atoms with Crippen LogP contribution in [0.5, 0.6) is 0 Å². The van der Waals surface area contributed by atoms with Gasteiger partial charge in [-0.25, -0.2) is 0 Å². The first kappa shape index (κ1) is 17.4. The summed E-state index contributed by atoms with van der Waals surface area (Å²) in [7, 11) is 0. The average molecular weight is 393 g/mol. The molecule has 1 saturated heterocycles. The van der Waals surface area contributed by atoms with E-state index in [1.165, 1.54) is 11.8 Å². The predicted octanol–water partition coefficient (Wildman–Crippen LogP) is 3.20. The van der Waals surface area contributed by atoms with Crippen molar-refractivity contribution in [1.29, 1.82) is 0 Å². The Hall–Kier alpha value is -2.06. The molecule has 4 rings (SSSR count). The minimum absolute atomic E-state index is 0.0755. The molecule has 0 unspecified atom stereocenters. The summed E-state index contributed by atoms with van der Waals surface area (Å²) in [5.74, 6) is 0.696. The monoisotopic (exact) mass is 392 g/mol. The van der Waals surface area contributed by atoms with Gasteiger partial charge in [0.1, 0.15) is 6.04 Å². The lowest BCUT2D eigenvalue weighted by atomic mass is 10.2. The van der Waals surface area contributed by atoms with E-state index in [1.807, 2.05) is 6.07 Å². The Morgan fingerprint density at radius 3 is 3.08 bits per heavy atom. The van der Waals surface area contributed by atoms with Gasteiger partial charge in [0.2, 0.25) is 23.6 Å². The van der Waals surface area contributed by atoms with Gasteiger partial charge in [-0.2, -0.15) is 0 Å². The Bertz CT molecular complexity index is 871. The van der Waals surface area contributed by atoms with Crippen LogP contribution in [0.3, 0.4) is 0 Å². The van der Waals surface area contributed by atoms with Crippen LogP contribution in [0.15, 0.2) is 27.5 Å². The van der Waals surface area contributed by atoms with Gasteiger partial charge < -0.3 is 14.6 Å². The number of fused-ring (bicyclic) bond motifs is 1. The molecule has 1 aromatic carbocycles. The van der Waals surface area contributed by atoms with E-state index in [2.05, 4.69) is 15.5 Å². The van der Waals surface area contributed by atoms with Crippen LogP contribution < -0.4 is 5.32 Å². The van der Waals surface area contributed by atoms with Crippen LogP contribution in [-0.2, 0) is 9.59 Å². The van der Waals surface area contributed by atoms with Crippen molar-refractivity contribution in [1.82, 2.24) is 15.1 Å². The number of nitrogens with zero attached hydrogens (tertiary/aromatic N) is 3. The fraction of sp³-hybridized carbons (Fsp3) is 0.412. The molecule has 1 fully saturated rings. The summed E-state index contributed by atoms with van der Waals surface area (Å²) in [5.41, 5.74) is 0.691. The van der Waals surface area contributed by atoms with Crippen molar-refractivity contribution in [2.24, 2.45) is 0 Å². The number of anilines is 1. The highest BCUT2D eigenvalue weighted by Crippen LogP contribution is 2.39. The first-order valence-electron chi connectivity index (χ1n) is 8.38. The van der Waals surface area contributed by atoms with Crippen LogP contribution in [0.25, 0.3) is 0 Å². The van der Waals surface area contributed by atoms with Crippen LogP contribution >= 0.6 is 23.4 Å². The third-order valence-corrected chi connectivity index (χ3v) is 6.03. The molecule has 0 saturated carbocycles. The van der Waals surface area contributed by atoms with E-state index in [-0.39, 0.29) is 24.3 Å². The number of amides is 2. The number of hydrogen-bond acceptors (Lipinski definition) is 6. The lowest BCUT2D eigenvalue weighted by Crippen LogP contribution is -2.37. The van der Waals surface area contributed by atoms with Gasteiger partial charge in [0, 0.05) is 29.8 Å². The van der Waals surface area contributed by atoms with Crippen LogP contribution in [0.1, 0.15) is 37.1 Å². The molecule has 136 valence electrons. The molecule has 3 heterocycles. The molecule has 2 aromatic rings. The Morgan fingerprint density at radius 1 is 1.46 bits per heavy atom. The molecule has 0 aliphatic carbocycles. The van der Waals surface area contributed by atoms with Gasteiger partial charge in [0.05, 0.1) is 10.9 Å². The first-order valence-corrected chi connectivity index (χ1v) is 9.63. The number of hydrogen-bond donors (Lipinski definition) is 1. The average Bonchev–Trinajstić information content (AvgIpc) is 3.24. The van der Waals surface area contributed by atoms with E-state index in [4.69, 9.17) is 16.0 Å². The maximum atomic E-state index is 12.8. The van der Waals surface area contributed by atoms with Gasteiger partial charge in [-0.05, 0) is 31.0 Å². The minimum Gasteiger partial charge on any atom is -0.423 e. The lowest BCUT2D eigenvalue weighted by Gasteiger charge is -2.27. The molecule has 2 aliphatic rings. The summed E-state index contributed by atoms with van der Waals surface area (Å²) in [6.45, 7) is 2.36. The fourth-order valence-corrected chi connectivity index (χ4v) is 4.56. The highest BCUT2D eigenvalue weighted by Gasteiger charge is 2.37. The van der Waals surface area contributed by atoms with E-state index in [1.54, 1.807) is 24.0 Å². The second kappa shape index (κ2) is 6.92. The highest BCUT2D eigenvalue weighted by molar-refractivity contribution is 8.01. The van der Waals surface area contributed by atoms with E-state index in [0.29, 0.717) is 29.0 Å². The molecule has 26 heavy (non-hydrogen) atoms. The zero-order chi connectivity index (χ0) is 18.3. The van der Waals surface area contributed by atoms with Crippen molar-refractivity contribution >= 4 is 40.9 Å². The molecule has 0 radical (unpaired) electrons. The third kappa shape index (κ3) is 3.31. The van der Waals surface area contributed by atoms with Crippen molar-refractivity contribution in [2.75, 3.05) is 11.9 Å². The second-order valence-corrected chi connectivity index (χ2v) is 8.03. The summed E-state index contributed by atoms with van der Waals surface area (Å²) < 4.78 is 5.50. The fourth-order valence-electron chi connectivity index (χ4n) is 3.30. The van der Waals surface area contributed by atoms with Crippen LogP contribution in [-0.4, -0.2) is 38.7 Å². The van der Waals surface area contributed by atoms with Crippen molar-refractivity contribution in [3.63, 3.8) is 0 Å². The quantitative estimate of drug-likeness (QED) is 0.862. The molecular formula is C17H17ClN4O3S. The largest absolute Gasteiger partial charge is 0.423 e. The maximum Gasteiger partial charge on any atom is 0.238 e. The summed E-state index contributed by atoms with van der Waals surface area (Å²) in [6, 6.07) is 5.15. The number of nitrogens with one attached hydrogen (secondary N) is 1. The van der Waals surface area contributed by atoms with E-state index >= 15 is 0 Å². The zero-order valence-electron chi connectivity index (χ0n) is 14.1. The molecule has 1 N–H and O–H groups in total. The number of carbonyl (C=O) groups excluding carboxylic acids is 2. The number of likely N-dealkylation sites (tertiary alicyclic amines) is 1. The lowest BCUT2D eigenvalue weighted by molar-refractivity contribution is -0.133. The Morgan fingerprint density at radius 2 is 2.31 bits per heavy atom. The number of aryl methyl sites for hydroxylation is 1. The molecule has 9 heteroatoms. The van der Waals surface area contributed by atoms with Gasteiger partial charge in [0.15, 0.2) is 0 Å². The number of benzene rings is 1. The minimum atomic E-state index is -0.471. The summed E-state index contributed by atoms with van der Waals surface area (Å²) >= 11 is 7.36. The summed E-state index contributed by atoms with van der Waals surface area (Å²) in [5, 5.41) is 10.8. The van der Waals surface area contributed by atoms with Gasteiger partial charge in [-0.1, -0.05) is 11.6 Å². The summed E-state index contributed by atoms with van der Waals surface area (Å²) in [4.78, 5) is 27.9. The van der Waals surface area contributed by atoms with E-state index in [0.717, 1.165) is 17.7 Å². The van der Waals surface area contributed by atoms with Crippen molar-refractivity contribution in [2.45, 2.75) is 42.4 Å². The SMILES string of the molecule is Cc1nnc([C@H]2CCCN2C(=O)C[C@H]2Sc3ccc(Cl)cc3NC2=O)o1. The number of carbonyl (C=O) groups is 2. The van der Waals surface area contributed by atoms with Crippen LogP contribution in [0.4, 0.5) is 5.69 Å². The molecule has 0 bridgehead atoms. The van der Waals surface area contributed by atoms with E-state index in [9.17, 15) is 9.59 Å². The number of rotatable bonds is 3. The highest BCUT2D eigenvalue weighted by atomic mass is 35.5. The van der Waals surface area contributed by atoms with Gasteiger partial charge in [-0.3, -0.25) is 9.59 Å². The number of halogens is 1. The zero-order valence-corrected chi connectivity index (χ0v) is 15.6. The number of thioether (sulfide) groups is 1. The van der Waals surface area contributed by atoms with Crippen LogP contribution in [0, 0.1) is 6.92 Å². The molecule has 1 aromatic heterocycles. The molecule has 7 nitrogen and oxygen atoms in total. The maximum absolute atomic E-state index is 12.8. The molecule has 2 atom stereocenters. The van der Waals surface area contributed by atoms with Crippen LogP contribution in [0.2, 0.25) is 5.02 Å². The van der Waals surface area contributed by atoms with Crippen molar-refractivity contribution in [3.05, 3.63) is 35.0 Å². The second-order valence-electron chi connectivity index (χ2n) is 6.34. The normalized spacial score (nSPS) is 22.2. The number of aromatic nitrogens is 2. The van der Waals surface area contributed by atoms with Crippen molar-refractivity contribution in [3.8, 4) is 0 Å². The smallest absolute Gasteiger partial charge is 0.238 e. The predicted molar refractivity (Wildman–Crippen MR) is 97.1 cm³/mol. The third-order valence-electron chi connectivity index (χ3n) is 4.52. The Labute approximate surface area is 159 Å². The molecular weight excluding hydrogens is 376 g/mol. The van der Waals surface area contributed by atoms with Crippen molar-refractivity contribution < 1.29 is 14.0 Å². The topological polar surface area (TPSA) is 88.3 Å². The first-order chi connectivity index (χ1) is 12.5. The molecule has 0 spiro atoms. The Kier molecular flexibility index (Phi) is 4.62. The molecule has 2 aliphatic heterocycles. The van der Waals surface area contributed by atoms with Gasteiger partial charge in [0.25, 0.3) is 0 Å². The Balaban J connectivity index is 1.47. The summed E-state index contributed by atoms with van der Waals surface area (Å²) in [6.07, 6.45) is 1.80.